The van der Waals surface area contributed by atoms with Crippen molar-refractivity contribution in [3.8, 4) is 5.75 Å². The van der Waals surface area contributed by atoms with Crippen LogP contribution in [0, 0.1) is 6.92 Å². The van der Waals surface area contributed by atoms with E-state index >= 15 is 0 Å². The second kappa shape index (κ2) is 5.65. The number of ether oxygens (including phenoxy) is 1. The second-order valence-electron chi connectivity index (χ2n) is 4.64. The lowest BCUT2D eigenvalue weighted by Crippen LogP contribution is -2.08. The molecule has 102 valence electrons. The maximum atomic E-state index is 5.86. The second-order valence-corrected chi connectivity index (χ2v) is 4.64. The first kappa shape index (κ1) is 13.3. The number of nitrogen functional groups attached to an aromatic ring is 1. The molecule has 0 fully saturated rings. The fourth-order valence-electron chi connectivity index (χ4n) is 1.66. The molecule has 0 radical (unpaired) electrons. The van der Waals surface area contributed by atoms with Crippen molar-refractivity contribution in [2.75, 3.05) is 11.1 Å². The smallest absolute Gasteiger partial charge is 0.213 e. The fourth-order valence-corrected chi connectivity index (χ4v) is 1.66. The Kier molecular flexibility index (Phi) is 3.94. The summed E-state index contributed by atoms with van der Waals surface area (Å²) in [6.07, 6.45) is 1.79. The van der Waals surface area contributed by atoms with E-state index < -0.39 is 0 Å². The van der Waals surface area contributed by atoms with Gasteiger partial charge in [-0.2, -0.15) is 0 Å². The Labute approximate surface area is 112 Å². The summed E-state index contributed by atoms with van der Waals surface area (Å²) in [4.78, 5) is 4.13. The minimum absolute atomic E-state index is 0.0898. The number of benzene rings is 1. The van der Waals surface area contributed by atoms with Gasteiger partial charge in [0.15, 0.2) is 0 Å². The van der Waals surface area contributed by atoms with Gasteiger partial charge in [0.2, 0.25) is 5.89 Å². The van der Waals surface area contributed by atoms with Crippen molar-refractivity contribution in [3.05, 3.63) is 36.0 Å². The highest BCUT2D eigenvalue weighted by Gasteiger charge is 2.05. The number of rotatable bonds is 5. The average molecular weight is 261 g/mol. The van der Waals surface area contributed by atoms with Crippen molar-refractivity contribution in [2.24, 2.45) is 0 Å². The van der Waals surface area contributed by atoms with Gasteiger partial charge in [-0.1, -0.05) is 0 Å². The molecule has 0 aliphatic carbocycles. The van der Waals surface area contributed by atoms with Gasteiger partial charge in [-0.15, -0.1) is 0 Å². The summed E-state index contributed by atoms with van der Waals surface area (Å²) in [5, 5.41) is 3.22. The average Bonchev–Trinajstić information content (AvgIpc) is 2.75. The van der Waals surface area contributed by atoms with Crippen LogP contribution in [0.4, 0.5) is 11.4 Å². The lowest BCUT2D eigenvalue weighted by atomic mass is 10.2. The highest BCUT2D eigenvalue weighted by atomic mass is 16.5. The maximum Gasteiger partial charge on any atom is 0.213 e. The molecule has 5 heteroatoms. The fraction of sp³-hybridized carbons (Fsp3) is 0.357. The summed E-state index contributed by atoms with van der Waals surface area (Å²) < 4.78 is 11.0. The van der Waals surface area contributed by atoms with Crippen LogP contribution in [0.3, 0.4) is 0 Å². The van der Waals surface area contributed by atoms with E-state index in [-0.39, 0.29) is 6.10 Å². The quantitative estimate of drug-likeness (QED) is 0.809. The number of oxazole rings is 1. The molecule has 0 spiro atoms. The van der Waals surface area contributed by atoms with E-state index in [2.05, 4.69) is 10.3 Å². The first-order chi connectivity index (χ1) is 9.04. The molecule has 0 atom stereocenters. The van der Waals surface area contributed by atoms with Crippen LogP contribution in [-0.2, 0) is 6.54 Å². The van der Waals surface area contributed by atoms with Crippen LogP contribution >= 0.6 is 0 Å². The lowest BCUT2D eigenvalue weighted by Gasteiger charge is -2.13. The molecule has 1 aromatic heterocycles. The SMILES string of the molecule is Cc1cnc(CNc2ccc(N)c(OC(C)C)c2)o1. The normalized spacial score (nSPS) is 10.7. The van der Waals surface area contributed by atoms with Crippen molar-refractivity contribution in [2.45, 2.75) is 33.4 Å². The van der Waals surface area contributed by atoms with Gasteiger partial charge in [0.25, 0.3) is 0 Å². The van der Waals surface area contributed by atoms with Crippen LogP contribution in [0.2, 0.25) is 0 Å². The van der Waals surface area contributed by atoms with Crippen molar-refractivity contribution in [3.63, 3.8) is 0 Å². The van der Waals surface area contributed by atoms with Crippen LogP contribution in [0.15, 0.2) is 28.8 Å². The number of nitrogens with one attached hydrogen (secondary N) is 1. The Morgan fingerprint density at radius 1 is 1.42 bits per heavy atom. The summed E-state index contributed by atoms with van der Waals surface area (Å²) in [6, 6.07) is 5.60. The number of hydrogen-bond donors (Lipinski definition) is 2. The zero-order valence-electron chi connectivity index (χ0n) is 11.4. The van der Waals surface area contributed by atoms with Crippen LogP contribution < -0.4 is 15.8 Å². The largest absolute Gasteiger partial charge is 0.489 e. The molecule has 5 nitrogen and oxygen atoms in total. The third-order valence-corrected chi connectivity index (χ3v) is 2.49. The molecule has 2 rings (SSSR count). The number of hydrogen-bond acceptors (Lipinski definition) is 5. The third kappa shape index (κ3) is 3.64. The van der Waals surface area contributed by atoms with Gasteiger partial charge in [-0.25, -0.2) is 4.98 Å². The standard InChI is InChI=1S/C14H19N3O2/c1-9(2)18-13-6-11(4-5-12(13)15)16-8-14-17-7-10(3)19-14/h4-7,9,16H,8,15H2,1-3H3. The zero-order valence-corrected chi connectivity index (χ0v) is 11.4. The topological polar surface area (TPSA) is 73.3 Å². The Morgan fingerprint density at radius 2 is 2.21 bits per heavy atom. The van der Waals surface area contributed by atoms with Crippen LogP contribution in [-0.4, -0.2) is 11.1 Å². The van der Waals surface area contributed by atoms with Gasteiger partial charge < -0.3 is 20.2 Å². The Balaban J connectivity index is 2.04. The molecule has 0 amide bonds. The van der Waals surface area contributed by atoms with E-state index in [4.69, 9.17) is 14.9 Å². The predicted molar refractivity (Wildman–Crippen MR) is 75.2 cm³/mol. The first-order valence-electron chi connectivity index (χ1n) is 6.26. The van der Waals surface area contributed by atoms with Crippen molar-refractivity contribution in [1.82, 2.24) is 4.98 Å². The van der Waals surface area contributed by atoms with E-state index in [1.165, 1.54) is 0 Å². The van der Waals surface area contributed by atoms with Gasteiger partial charge in [-0.3, -0.25) is 0 Å². The summed E-state index contributed by atoms with van der Waals surface area (Å²) >= 11 is 0. The van der Waals surface area contributed by atoms with Crippen LogP contribution in [0.25, 0.3) is 0 Å². The summed E-state index contributed by atoms with van der Waals surface area (Å²) in [5.74, 6) is 2.14. The van der Waals surface area contributed by atoms with Gasteiger partial charge in [0, 0.05) is 11.8 Å². The summed E-state index contributed by atoms with van der Waals surface area (Å²) in [7, 11) is 0. The van der Waals surface area contributed by atoms with E-state index in [1.807, 2.05) is 39.0 Å². The van der Waals surface area contributed by atoms with Crippen molar-refractivity contribution in [1.29, 1.82) is 0 Å². The molecule has 2 aromatic rings. The van der Waals surface area contributed by atoms with Gasteiger partial charge in [-0.05, 0) is 32.9 Å². The van der Waals surface area contributed by atoms with E-state index in [0.29, 0.717) is 23.9 Å². The number of nitrogens with two attached hydrogens (primary N) is 1. The molecule has 19 heavy (non-hydrogen) atoms. The highest BCUT2D eigenvalue weighted by Crippen LogP contribution is 2.26. The predicted octanol–water partition coefficient (Wildman–Crippen LogP) is 2.96. The molecule has 0 aliphatic rings. The third-order valence-electron chi connectivity index (χ3n) is 2.49. The lowest BCUT2D eigenvalue weighted by molar-refractivity contribution is 0.244. The minimum atomic E-state index is 0.0898. The molecule has 0 aliphatic heterocycles. The van der Waals surface area contributed by atoms with E-state index in [0.717, 1.165) is 11.4 Å². The van der Waals surface area contributed by atoms with E-state index in [9.17, 15) is 0 Å². The number of aryl methyl sites for hydroxylation is 1. The van der Waals surface area contributed by atoms with Crippen LogP contribution in [0.1, 0.15) is 25.5 Å². The molecule has 0 unspecified atom stereocenters. The highest BCUT2D eigenvalue weighted by molar-refractivity contribution is 5.61. The molecule has 1 heterocycles. The molecular formula is C14H19N3O2. The van der Waals surface area contributed by atoms with Gasteiger partial charge >= 0.3 is 0 Å². The Hall–Kier alpha value is -2.17. The first-order valence-corrected chi connectivity index (χ1v) is 6.26. The van der Waals surface area contributed by atoms with E-state index in [1.54, 1.807) is 6.20 Å². The monoisotopic (exact) mass is 261 g/mol. The Bertz CT molecular complexity index is 549. The molecule has 3 N–H and O–H groups in total. The van der Waals surface area contributed by atoms with Gasteiger partial charge in [0.1, 0.15) is 11.5 Å². The summed E-state index contributed by atoms with van der Waals surface area (Å²) in [6.45, 7) is 6.33. The molecule has 0 saturated carbocycles. The number of nitrogens with zero attached hydrogens (tertiary/aromatic N) is 1. The molecule has 0 bridgehead atoms. The number of aromatic nitrogens is 1. The Morgan fingerprint density at radius 3 is 2.84 bits per heavy atom. The van der Waals surface area contributed by atoms with Crippen molar-refractivity contribution >= 4 is 11.4 Å². The molecule has 1 aromatic carbocycles. The van der Waals surface area contributed by atoms with Gasteiger partial charge in [0.05, 0.1) is 24.5 Å². The maximum absolute atomic E-state index is 5.86. The summed E-state index contributed by atoms with van der Waals surface area (Å²) in [5.41, 5.74) is 7.41. The molecular weight excluding hydrogens is 242 g/mol. The van der Waals surface area contributed by atoms with Crippen molar-refractivity contribution < 1.29 is 9.15 Å². The van der Waals surface area contributed by atoms with Crippen LogP contribution in [0.5, 0.6) is 5.75 Å². The molecule has 0 saturated heterocycles. The zero-order chi connectivity index (χ0) is 13.8. The number of anilines is 2. The minimum Gasteiger partial charge on any atom is -0.489 e.